The molecule has 1 aromatic rings. The van der Waals surface area contributed by atoms with E-state index in [9.17, 15) is 4.79 Å². The van der Waals surface area contributed by atoms with Crippen molar-refractivity contribution in [2.24, 2.45) is 0 Å². The van der Waals surface area contributed by atoms with Crippen LogP contribution in [-0.4, -0.2) is 56.7 Å². The van der Waals surface area contributed by atoms with Crippen LogP contribution in [0.15, 0.2) is 24.3 Å². The first-order valence-electron chi connectivity index (χ1n) is 8.03. The maximum atomic E-state index is 11.9. The van der Waals surface area contributed by atoms with Crippen molar-refractivity contribution in [2.45, 2.75) is 26.3 Å². The van der Waals surface area contributed by atoms with Gasteiger partial charge in [-0.05, 0) is 37.6 Å². The number of benzene rings is 1. The lowest BCUT2D eigenvalue weighted by atomic mass is 10.2. The van der Waals surface area contributed by atoms with Gasteiger partial charge in [0.25, 0.3) is 0 Å². The van der Waals surface area contributed by atoms with Gasteiger partial charge in [-0.1, -0.05) is 6.92 Å². The summed E-state index contributed by atoms with van der Waals surface area (Å²) in [4.78, 5) is 16.5. The average Bonchev–Trinajstić information content (AvgIpc) is 2.55. The van der Waals surface area contributed by atoms with Crippen molar-refractivity contribution in [1.29, 1.82) is 0 Å². The topological polar surface area (TPSA) is 44.8 Å². The molecule has 1 amide bonds. The fraction of sp³-hybridized carbons (Fsp3) is 0.588. The second-order valence-electron chi connectivity index (χ2n) is 5.84. The van der Waals surface area contributed by atoms with Crippen molar-refractivity contribution in [3.8, 4) is 5.75 Å². The molecule has 1 saturated heterocycles. The number of nitrogens with one attached hydrogen (secondary N) is 1. The monoisotopic (exact) mass is 305 g/mol. The summed E-state index contributed by atoms with van der Waals surface area (Å²) in [6.07, 6.45) is 0.969. The molecular weight excluding hydrogens is 278 g/mol. The molecule has 1 fully saturated rings. The maximum Gasteiger partial charge on any atom is 0.234 e. The summed E-state index contributed by atoms with van der Waals surface area (Å²) >= 11 is 0. The number of piperazine rings is 1. The van der Waals surface area contributed by atoms with Gasteiger partial charge >= 0.3 is 0 Å². The Morgan fingerprint density at radius 3 is 2.41 bits per heavy atom. The van der Waals surface area contributed by atoms with Gasteiger partial charge in [-0.15, -0.1) is 0 Å². The van der Waals surface area contributed by atoms with E-state index in [0.717, 1.165) is 38.3 Å². The van der Waals surface area contributed by atoms with Crippen LogP contribution in [0.4, 0.5) is 5.69 Å². The van der Waals surface area contributed by atoms with Gasteiger partial charge in [0.05, 0.1) is 13.7 Å². The highest BCUT2D eigenvalue weighted by molar-refractivity contribution is 5.78. The lowest BCUT2D eigenvalue weighted by Crippen LogP contribution is -2.50. The van der Waals surface area contributed by atoms with Crippen LogP contribution < -0.4 is 15.0 Å². The van der Waals surface area contributed by atoms with Crippen molar-refractivity contribution in [3.63, 3.8) is 0 Å². The maximum absolute atomic E-state index is 11.9. The Labute approximate surface area is 133 Å². The van der Waals surface area contributed by atoms with E-state index >= 15 is 0 Å². The van der Waals surface area contributed by atoms with Gasteiger partial charge in [0.15, 0.2) is 0 Å². The van der Waals surface area contributed by atoms with Crippen LogP contribution in [0.3, 0.4) is 0 Å². The Hall–Kier alpha value is -1.75. The zero-order valence-electron chi connectivity index (χ0n) is 13.8. The Morgan fingerprint density at radius 1 is 1.23 bits per heavy atom. The first kappa shape index (κ1) is 16.6. The van der Waals surface area contributed by atoms with Gasteiger partial charge in [0, 0.05) is 37.9 Å². The molecule has 0 unspecified atom stereocenters. The second-order valence-corrected chi connectivity index (χ2v) is 5.84. The zero-order chi connectivity index (χ0) is 15.9. The van der Waals surface area contributed by atoms with E-state index in [2.05, 4.69) is 34.2 Å². The third-order valence-electron chi connectivity index (χ3n) is 4.20. The molecule has 0 aromatic heterocycles. The molecule has 1 N–H and O–H groups in total. The molecule has 1 heterocycles. The number of carbonyl (C=O) groups excluding carboxylic acids is 1. The van der Waals surface area contributed by atoms with Gasteiger partial charge < -0.3 is 15.0 Å². The third kappa shape index (κ3) is 4.63. The molecule has 5 nitrogen and oxygen atoms in total. The Kier molecular flexibility index (Phi) is 6.07. The number of methoxy groups -OCH3 is 1. The van der Waals surface area contributed by atoms with E-state index in [4.69, 9.17) is 4.74 Å². The lowest BCUT2D eigenvalue weighted by Gasteiger charge is -2.35. The molecule has 1 atom stereocenters. The van der Waals surface area contributed by atoms with Crippen molar-refractivity contribution < 1.29 is 9.53 Å². The number of anilines is 1. The number of carbonyl (C=O) groups is 1. The van der Waals surface area contributed by atoms with E-state index < -0.39 is 0 Å². The molecule has 0 radical (unpaired) electrons. The highest BCUT2D eigenvalue weighted by Crippen LogP contribution is 2.20. The molecule has 122 valence electrons. The molecule has 0 spiro atoms. The molecule has 5 heteroatoms. The van der Waals surface area contributed by atoms with Gasteiger partial charge in [-0.2, -0.15) is 0 Å². The van der Waals surface area contributed by atoms with Crippen LogP contribution >= 0.6 is 0 Å². The van der Waals surface area contributed by atoms with E-state index in [-0.39, 0.29) is 11.9 Å². The number of nitrogens with zero attached hydrogens (tertiary/aromatic N) is 2. The van der Waals surface area contributed by atoms with Crippen LogP contribution in [0.1, 0.15) is 20.3 Å². The summed E-state index contributed by atoms with van der Waals surface area (Å²) in [5.74, 6) is 1.01. The quantitative estimate of drug-likeness (QED) is 0.869. The summed E-state index contributed by atoms with van der Waals surface area (Å²) in [7, 11) is 1.68. The molecular formula is C17H27N3O2. The molecule has 0 aliphatic carbocycles. The zero-order valence-corrected chi connectivity index (χ0v) is 13.8. The molecule has 22 heavy (non-hydrogen) atoms. The van der Waals surface area contributed by atoms with Gasteiger partial charge in [-0.3, -0.25) is 9.69 Å². The van der Waals surface area contributed by atoms with Crippen LogP contribution in [0.25, 0.3) is 0 Å². The molecule has 1 aromatic carbocycles. The molecule has 1 aliphatic heterocycles. The first-order valence-corrected chi connectivity index (χ1v) is 8.03. The van der Waals surface area contributed by atoms with Gasteiger partial charge in [0.2, 0.25) is 5.91 Å². The Bertz CT molecular complexity index is 467. The predicted molar refractivity (Wildman–Crippen MR) is 89.5 cm³/mol. The molecule has 1 aliphatic rings. The highest BCUT2D eigenvalue weighted by atomic mass is 16.5. The van der Waals surface area contributed by atoms with E-state index in [1.54, 1.807) is 7.11 Å². The lowest BCUT2D eigenvalue weighted by molar-refractivity contribution is -0.122. The minimum Gasteiger partial charge on any atom is -0.497 e. The number of hydrogen-bond donors (Lipinski definition) is 1. The van der Waals surface area contributed by atoms with Gasteiger partial charge in [-0.25, -0.2) is 0 Å². The van der Waals surface area contributed by atoms with Crippen LogP contribution in [0.5, 0.6) is 5.75 Å². The molecule has 0 bridgehead atoms. The Morgan fingerprint density at radius 2 is 1.86 bits per heavy atom. The second kappa shape index (κ2) is 8.03. The first-order chi connectivity index (χ1) is 10.6. The number of ether oxygens (including phenoxy) is 1. The van der Waals surface area contributed by atoms with Crippen molar-refractivity contribution in [3.05, 3.63) is 24.3 Å². The minimum atomic E-state index is 0.132. The van der Waals surface area contributed by atoms with Crippen molar-refractivity contribution in [1.82, 2.24) is 10.2 Å². The number of amides is 1. The highest BCUT2D eigenvalue weighted by Gasteiger charge is 2.19. The van der Waals surface area contributed by atoms with E-state index in [1.807, 2.05) is 19.1 Å². The largest absolute Gasteiger partial charge is 0.497 e. The fourth-order valence-corrected chi connectivity index (χ4v) is 2.58. The minimum absolute atomic E-state index is 0.132. The van der Waals surface area contributed by atoms with Crippen molar-refractivity contribution in [2.75, 3.05) is 44.7 Å². The molecule has 2 rings (SSSR count). The molecule has 0 saturated carbocycles. The third-order valence-corrected chi connectivity index (χ3v) is 4.20. The summed E-state index contributed by atoms with van der Waals surface area (Å²) < 4.78 is 5.19. The fourth-order valence-electron chi connectivity index (χ4n) is 2.58. The van der Waals surface area contributed by atoms with E-state index in [0.29, 0.717) is 6.54 Å². The number of hydrogen-bond acceptors (Lipinski definition) is 4. The van der Waals surface area contributed by atoms with Gasteiger partial charge in [0.1, 0.15) is 5.75 Å². The summed E-state index contributed by atoms with van der Waals surface area (Å²) in [5.41, 5.74) is 1.21. The summed E-state index contributed by atoms with van der Waals surface area (Å²) in [6, 6.07) is 8.41. The van der Waals surface area contributed by atoms with Crippen LogP contribution in [-0.2, 0) is 4.79 Å². The summed E-state index contributed by atoms with van der Waals surface area (Å²) in [6.45, 7) is 8.35. The summed E-state index contributed by atoms with van der Waals surface area (Å²) in [5, 5.41) is 3.02. The SMILES string of the molecule is CC[C@@H](C)NC(=O)CN1CCN(c2ccc(OC)cc2)CC1. The van der Waals surface area contributed by atoms with Crippen LogP contribution in [0, 0.1) is 0 Å². The van der Waals surface area contributed by atoms with Crippen molar-refractivity contribution >= 4 is 11.6 Å². The standard InChI is InChI=1S/C17H27N3O2/c1-4-14(2)18-17(21)13-19-9-11-20(12-10-19)15-5-7-16(22-3)8-6-15/h5-8,14H,4,9-13H2,1-3H3,(H,18,21)/t14-/m1/s1. The number of rotatable bonds is 6. The Balaban J connectivity index is 1.78. The van der Waals surface area contributed by atoms with E-state index in [1.165, 1.54) is 5.69 Å². The predicted octanol–water partition coefficient (Wildman–Crippen LogP) is 1.73. The average molecular weight is 305 g/mol. The normalized spacial score (nSPS) is 17.1. The van der Waals surface area contributed by atoms with Crippen LogP contribution in [0.2, 0.25) is 0 Å². The smallest absolute Gasteiger partial charge is 0.234 e.